The fourth-order valence-electron chi connectivity index (χ4n) is 1.43. The standard InChI is InChI=1S/C12H12ClN3OS.CH3O.Na/c1-7-11(13)12(18-16-7)15-10(17)6-8-2-4-9(14)5-3-8;1-2;/h2-5H,6,14H2,1H3,(H,15,17);1H3;/q;-1;+1. The summed E-state index contributed by atoms with van der Waals surface area (Å²) in [5.41, 5.74) is 7.89. The number of anilines is 2. The molecule has 0 atom stereocenters. The van der Waals surface area contributed by atoms with Gasteiger partial charge in [0.25, 0.3) is 0 Å². The van der Waals surface area contributed by atoms with E-state index in [4.69, 9.17) is 22.4 Å². The van der Waals surface area contributed by atoms with Gasteiger partial charge in [-0.2, -0.15) is 11.5 Å². The van der Waals surface area contributed by atoms with Crippen LogP contribution in [0.4, 0.5) is 10.7 Å². The van der Waals surface area contributed by atoms with Gasteiger partial charge in [-0.3, -0.25) is 4.79 Å². The SMILES string of the molecule is C[O-].Cc1nsc(NC(=O)Cc2ccc(N)cc2)c1Cl.[Na+]. The Morgan fingerprint density at radius 2 is 1.95 bits per heavy atom. The van der Waals surface area contributed by atoms with Gasteiger partial charge in [-0.1, -0.05) is 23.7 Å². The van der Waals surface area contributed by atoms with Crippen molar-refractivity contribution in [3.63, 3.8) is 0 Å². The third kappa shape index (κ3) is 6.34. The number of nitrogens with zero attached hydrogens (tertiary/aromatic N) is 1. The normalized spacial score (nSPS) is 9.14. The molecule has 2 aromatic rings. The number of rotatable bonds is 3. The second-order valence-corrected chi connectivity index (χ2v) is 5.03. The van der Waals surface area contributed by atoms with Crippen molar-refractivity contribution in [2.45, 2.75) is 13.3 Å². The van der Waals surface area contributed by atoms with E-state index in [1.165, 1.54) is 11.5 Å². The fraction of sp³-hybridized carbons (Fsp3) is 0.231. The van der Waals surface area contributed by atoms with E-state index in [2.05, 4.69) is 9.69 Å². The monoisotopic (exact) mass is 335 g/mol. The summed E-state index contributed by atoms with van der Waals surface area (Å²) in [4.78, 5) is 11.8. The predicted octanol–water partition coefficient (Wildman–Crippen LogP) is -1.15. The minimum atomic E-state index is -0.120. The molecule has 21 heavy (non-hydrogen) atoms. The van der Waals surface area contributed by atoms with Gasteiger partial charge in [0, 0.05) is 5.69 Å². The minimum Gasteiger partial charge on any atom is -0.857 e. The molecule has 0 bridgehead atoms. The van der Waals surface area contributed by atoms with Crippen molar-refractivity contribution in [3.8, 4) is 0 Å². The van der Waals surface area contributed by atoms with Crippen LogP contribution < -0.4 is 45.7 Å². The molecule has 5 nitrogen and oxygen atoms in total. The first-order valence-corrected chi connectivity index (χ1v) is 6.88. The van der Waals surface area contributed by atoms with Crippen LogP contribution in [0, 0.1) is 6.92 Å². The molecule has 108 valence electrons. The average molecular weight is 336 g/mol. The van der Waals surface area contributed by atoms with E-state index in [0.717, 1.165) is 18.4 Å². The maximum absolute atomic E-state index is 11.8. The number of aryl methyl sites for hydroxylation is 1. The van der Waals surface area contributed by atoms with Crippen molar-refractivity contribution in [3.05, 3.63) is 40.5 Å². The van der Waals surface area contributed by atoms with Crippen LogP contribution in [0.15, 0.2) is 24.3 Å². The molecule has 3 N–H and O–H groups in total. The number of hydrogen-bond acceptors (Lipinski definition) is 5. The second kappa shape index (κ2) is 10.2. The van der Waals surface area contributed by atoms with E-state index in [1.54, 1.807) is 19.1 Å². The Balaban J connectivity index is 0.00000128. The van der Waals surface area contributed by atoms with E-state index in [0.29, 0.717) is 15.7 Å². The molecule has 0 spiro atoms. The molecular weight excluding hydrogens is 321 g/mol. The van der Waals surface area contributed by atoms with Crippen LogP contribution in [0.3, 0.4) is 0 Å². The maximum atomic E-state index is 11.8. The number of nitrogen functional groups attached to an aromatic ring is 1. The van der Waals surface area contributed by atoms with Crippen molar-refractivity contribution in [1.82, 2.24) is 4.37 Å². The average Bonchev–Trinajstić information content (AvgIpc) is 2.76. The number of halogens is 1. The van der Waals surface area contributed by atoms with Gasteiger partial charge in [-0.25, -0.2) is 0 Å². The topological polar surface area (TPSA) is 91.1 Å². The van der Waals surface area contributed by atoms with E-state index in [9.17, 15) is 4.79 Å². The second-order valence-electron chi connectivity index (χ2n) is 3.88. The number of carbonyl (C=O) groups excluding carboxylic acids is 1. The van der Waals surface area contributed by atoms with E-state index >= 15 is 0 Å². The van der Waals surface area contributed by atoms with Gasteiger partial charge in [0.2, 0.25) is 5.91 Å². The molecule has 0 unspecified atom stereocenters. The van der Waals surface area contributed by atoms with Crippen molar-refractivity contribution >= 4 is 39.7 Å². The van der Waals surface area contributed by atoms with Crippen LogP contribution in [0.5, 0.6) is 0 Å². The first-order valence-electron chi connectivity index (χ1n) is 5.73. The summed E-state index contributed by atoms with van der Waals surface area (Å²) in [5.74, 6) is -0.120. The molecule has 2 rings (SSSR count). The molecule has 0 aliphatic heterocycles. The summed E-state index contributed by atoms with van der Waals surface area (Å²) in [6, 6.07) is 7.20. The predicted molar refractivity (Wildman–Crippen MR) is 81.0 cm³/mol. The largest absolute Gasteiger partial charge is 1.00 e. The number of carbonyl (C=O) groups is 1. The van der Waals surface area contributed by atoms with Gasteiger partial charge in [0.05, 0.1) is 17.1 Å². The number of hydrogen-bond donors (Lipinski definition) is 2. The molecule has 1 aromatic heterocycles. The molecule has 0 fully saturated rings. The molecule has 0 saturated carbocycles. The third-order valence-corrected chi connectivity index (χ3v) is 3.82. The van der Waals surface area contributed by atoms with Crippen LogP contribution in [0.25, 0.3) is 0 Å². The number of benzene rings is 1. The number of amides is 1. The fourth-order valence-corrected chi connectivity index (χ4v) is 2.38. The zero-order valence-corrected chi connectivity index (χ0v) is 15.7. The van der Waals surface area contributed by atoms with Crippen LogP contribution in [-0.4, -0.2) is 17.4 Å². The zero-order chi connectivity index (χ0) is 15.1. The van der Waals surface area contributed by atoms with Crippen LogP contribution in [0.1, 0.15) is 11.3 Å². The Morgan fingerprint density at radius 1 is 1.38 bits per heavy atom. The quantitative estimate of drug-likeness (QED) is 0.547. The Bertz CT molecular complexity index is 575. The smallest absolute Gasteiger partial charge is 0.857 e. The van der Waals surface area contributed by atoms with Crippen molar-refractivity contribution < 1.29 is 39.5 Å². The number of aromatic nitrogens is 1. The Hall–Kier alpha value is -0.630. The Labute approximate surface area is 155 Å². The number of nitrogens with two attached hydrogens (primary N) is 1. The summed E-state index contributed by atoms with van der Waals surface area (Å²) in [6.07, 6.45) is 0.285. The van der Waals surface area contributed by atoms with Crippen molar-refractivity contribution in [2.24, 2.45) is 0 Å². The summed E-state index contributed by atoms with van der Waals surface area (Å²) < 4.78 is 4.07. The van der Waals surface area contributed by atoms with E-state index in [-0.39, 0.29) is 41.9 Å². The van der Waals surface area contributed by atoms with E-state index < -0.39 is 0 Å². The summed E-state index contributed by atoms with van der Waals surface area (Å²) in [6.45, 7) is 1.80. The first kappa shape index (κ1) is 20.4. The molecule has 0 radical (unpaired) electrons. The first-order chi connectivity index (χ1) is 9.56. The van der Waals surface area contributed by atoms with Gasteiger partial charge in [-0.05, 0) is 36.2 Å². The zero-order valence-electron chi connectivity index (χ0n) is 12.1. The maximum Gasteiger partial charge on any atom is 1.00 e. The number of nitrogens with one attached hydrogen (secondary N) is 1. The van der Waals surface area contributed by atoms with Gasteiger partial charge in [0.1, 0.15) is 5.00 Å². The van der Waals surface area contributed by atoms with Crippen LogP contribution in [0.2, 0.25) is 5.02 Å². The van der Waals surface area contributed by atoms with Crippen LogP contribution in [-0.2, 0) is 11.2 Å². The van der Waals surface area contributed by atoms with Gasteiger partial charge in [0.15, 0.2) is 0 Å². The molecule has 0 saturated heterocycles. The molecule has 1 aromatic carbocycles. The molecule has 0 aliphatic carbocycles. The van der Waals surface area contributed by atoms with Crippen molar-refractivity contribution in [2.75, 3.05) is 18.2 Å². The third-order valence-electron chi connectivity index (χ3n) is 2.39. The van der Waals surface area contributed by atoms with Gasteiger partial charge >= 0.3 is 29.6 Å². The van der Waals surface area contributed by atoms with Crippen LogP contribution >= 0.6 is 23.1 Å². The Kier molecular flexibility index (Phi) is 9.85. The summed E-state index contributed by atoms with van der Waals surface area (Å²) in [7, 11) is 0.750. The summed E-state index contributed by atoms with van der Waals surface area (Å²) in [5, 5.41) is 12.1. The molecule has 8 heteroatoms. The Morgan fingerprint density at radius 3 is 2.43 bits per heavy atom. The summed E-state index contributed by atoms with van der Waals surface area (Å²) >= 11 is 7.18. The van der Waals surface area contributed by atoms with Gasteiger partial charge in [-0.15, -0.1) is 0 Å². The molecular formula is C13H15ClN3NaO2S. The molecule has 1 amide bonds. The van der Waals surface area contributed by atoms with Gasteiger partial charge < -0.3 is 16.2 Å². The molecule has 1 heterocycles. The minimum absolute atomic E-state index is 0. The van der Waals surface area contributed by atoms with Crippen molar-refractivity contribution in [1.29, 1.82) is 0 Å². The molecule has 0 aliphatic rings. The van der Waals surface area contributed by atoms with E-state index in [1.807, 2.05) is 12.1 Å².